The van der Waals surface area contributed by atoms with Gasteiger partial charge in [-0.15, -0.1) is 0 Å². The number of nitrogens with one attached hydrogen (secondary N) is 1. The van der Waals surface area contributed by atoms with E-state index in [4.69, 9.17) is 4.74 Å². The van der Waals surface area contributed by atoms with E-state index in [-0.39, 0.29) is 11.1 Å². The minimum atomic E-state index is -1.73. The number of ether oxygens (including phenoxy) is 2. The predicted molar refractivity (Wildman–Crippen MR) is 87.6 cm³/mol. The second kappa shape index (κ2) is 8.35. The highest BCUT2D eigenvalue weighted by Crippen LogP contribution is 2.20. The van der Waals surface area contributed by atoms with Gasteiger partial charge in [0.1, 0.15) is 0 Å². The summed E-state index contributed by atoms with van der Waals surface area (Å²) >= 11 is 0. The van der Waals surface area contributed by atoms with E-state index in [0.29, 0.717) is 6.07 Å². The van der Waals surface area contributed by atoms with Gasteiger partial charge in [0.25, 0.3) is 5.91 Å². The molecule has 2 rings (SSSR count). The van der Waals surface area contributed by atoms with Crippen LogP contribution in [0.1, 0.15) is 27.6 Å². The standard InChI is InChI=1S/C18H14F3NO5/c1-9(16(23)22-13-8-7-12(19)14(20)15(13)21)27-18(25)11-5-3-10(4-6-11)17(24)26-2/h3-9H,1-2H3,(H,22,23)/t9-/m1/s1. The molecular formula is C18H14F3NO5. The maximum Gasteiger partial charge on any atom is 0.338 e. The van der Waals surface area contributed by atoms with Gasteiger partial charge in [0.2, 0.25) is 0 Å². The first-order chi connectivity index (χ1) is 12.7. The number of benzene rings is 2. The zero-order valence-electron chi connectivity index (χ0n) is 14.2. The summed E-state index contributed by atoms with van der Waals surface area (Å²) in [6, 6.07) is 6.76. The maximum atomic E-state index is 13.6. The van der Waals surface area contributed by atoms with Crippen LogP contribution in [0.15, 0.2) is 36.4 Å². The zero-order chi connectivity index (χ0) is 20.1. The smallest absolute Gasteiger partial charge is 0.338 e. The number of hydrogen-bond donors (Lipinski definition) is 1. The number of methoxy groups -OCH3 is 1. The lowest BCUT2D eigenvalue weighted by molar-refractivity contribution is -0.123. The molecule has 0 unspecified atom stereocenters. The first kappa shape index (κ1) is 20.0. The van der Waals surface area contributed by atoms with E-state index in [2.05, 4.69) is 4.74 Å². The summed E-state index contributed by atoms with van der Waals surface area (Å²) < 4.78 is 49.1. The van der Waals surface area contributed by atoms with Gasteiger partial charge in [-0.05, 0) is 43.3 Å². The molecule has 0 aliphatic carbocycles. The number of anilines is 1. The van der Waals surface area contributed by atoms with Crippen molar-refractivity contribution in [1.29, 1.82) is 0 Å². The number of hydrogen-bond acceptors (Lipinski definition) is 5. The molecule has 27 heavy (non-hydrogen) atoms. The highest BCUT2D eigenvalue weighted by molar-refractivity contribution is 5.98. The fraction of sp³-hybridized carbons (Fsp3) is 0.167. The molecule has 9 heteroatoms. The monoisotopic (exact) mass is 381 g/mol. The molecule has 1 amide bonds. The van der Waals surface area contributed by atoms with Crippen LogP contribution in [0, 0.1) is 17.5 Å². The summed E-state index contributed by atoms with van der Waals surface area (Å²) in [5.74, 6) is -7.11. The van der Waals surface area contributed by atoms with Crippen molar-refractivity contribution in [2.45, 2.75) is 13.0 Å². The molecule has 0 spiro atoms. The number of carbonyl (C=O) groups is 3. The molecule has 0 aromatic heterocycles. The zero-order valence-corrected chi connectivity index (χ0v) is 14.2. The van der Waals surface area contributed by atoms with Crippen LogP contribution in [0.25, 0.3) is 0 Å². The van der Waals surface area contributed by atoms with E-state index in [1.165, 1.54) is 38.3 Å². The minimum Gasteiger partial charge on any atom is -0.465 e. The van der Waals surface area contributed by atoms with Gasteiger partial charge < -0.3 is 14.8 Å². The number of carbonyl (C=O) groups excluding carboxylic acids is 3. The molecule has 1 atom stereocenters. The summed E-state index contributed by atoms with van der Waals surface area (Å²) in [7, 11) is 1.21. The van der Waals surface area contributed by atoms with Crippen molar-refractivity contribution < 1.29 is 37.0 Å². The molecule has 142 valence electrons. The molecule has 0 aliphatic heterocycles. The van der Waals surface area contributed by atoms with Crippen molar-refractivity contribution in [2.24, 2.45) is 0 Å². The van der Waals surface area contributed by atoms with Crippen LogP contribution >= 0.6 is 0 Å². The van der Waals surface area contributed by atoms with Gasteiger partial charge in [-0.3, -0.25) is 4.79 Å². The molecule has 0 fully saturated rings. The molecule has 0 saturated carbocycles. The van der Waals surface area contributed by atoms with E-state index < -0.39 is 47.1 Å². The highest BCUT2D eigenvalue weighted by atomic mass is 19.2. The van der Waals surface area contributed by atoms with Crippen LogP contribution in [0.5, 0.6) is 0 Å². The second-order valence-electron chi connectivity index (χ2n) is 5.33. The molecule has 2 aromatic carbocycles. The van der Waals surface area contributed by atoms with E-state index >= 15 is 0 Å². The first-order valence-electron chi connectivity index (χ1n) is 7.58. The van der Waals surface area contributed by atoms with Gasteiger partial charge in [0, 0.05) is 0 Å². The predicted octanol–water partition coefficient (Wildman–Crippen LogP) is 3.07. The van der Waals surface area contributed by atoms with Crippen molar-refractivity contribution >= 4 is 23.5 Å². The van der Waals surface area contributed by atoms with Crippen LogP contribution in [0.2, 0.25) is 0 Å². The Labute approximate surface area is 151 Å². The Bertz CT molecular complexity index is 883. The normalized spacial score (nSPS) is 11.4. The molecule has 0 aliphatic rings. The lowest BCUT2D eigenvalue weighted by Gasteiger charge is -2.14. The van der Waals surface area contributed by atoms with E-state index in [1.54, 1.807) is 0 Å². The van der Waals surface area contributed by atoms with Crippen LogP contribution in [0.4, 0.5) is 18.9 Å². The Morgan fingerprint density at radius 2 is 1.44 bits per heavy atom. The van der Waals surface area contributed by atoms with Crippen LogP contribution in [-0.2, 0) is 14.3 Å². The van der Waals surface area contributed by atoms with Crippen LogP contribution in [-0.4, -0.2) is 31.1 Å². The van der Waals surface area contributed by atoms with Crippen molar-refractivity contribution in [3.05, 3.63) is 65.0 Å². The highest BCUT2D eigenvalue weighted by Gasteiger charge is 2.22. The third-order valence-electron chi connectivity index (χ3n) is 3.49. The summed E-state index contributed by atoms with van der Waals surface area (Å²) in [4.78, 5) is 35.3. The average molecular weight is 381 g/mol. The number of esters is 2. The molecular weight excluding hydrogens is 367 g/mol. The van der Waals surface area contributed by atoms with Crippen molar-refractivity contribution in [1.82, 2.24) is 0 Å². The Hall–Kier alpha value is -3.36. The molecule has 0 bridgehead atoms. The fourth-order valence-electron chi connectivity index (χ4n) is 2.00. The Kier molecular flexibility index (Phi) is 6.17. The Morgan fingerprint density at radius 3 is 2.00 bits per heavy atom. The van der Waals surface area contributed by atoms with Crippen LogP contribution in [0.3, 0.4) is 0 Å². The van der Waals surface area contributed by atoms with Crippen LogP contribution < -0.4 is 5.32 Å². The van der Waals surface area contributed by atoms with Gasteiger partial charge in [0.05, 0.1) is 23.9 Å². The van der Waals surface area contributed by atoms with Crippen molar-refractivity contribution in [3.63, 3.8) is 0 Å². The van der Waals surface area contributed by atoms with E-state index in [1.807, 2.05) is 5.32 Å². The van der Waals surface area contributed by atoms with Crippen molar-refractivity contribution in [2.75, 3.05) is 12.4 Å². The number of rotatable bonds is 5. The van der Waals surface area contributed by atoms with E-state index in [9.17, 15) is 27.6 Å². The summed E-state index contributed by atoms with van der Waals surface area (Å²) in [5.41, 5.74) is -0.320. The molecule has 0 saturated heterocycles. The largest absolute Gasteiger partial charge is 0.465 e. The summed E-state index contributed by atoms with van der Waals surface area (Å²) in [6.45, 7) is 1.22. The van der Waals surface area contributed by atoms with Gasteiger partial charge in [0.15, 0.2) is 23.6 Å². The van der Waals surface area contributed by atoms with Gasteiger partial charge in [-0.25, -0.2) is 22.8 Å². The third kappa shape index (κ3) is 4.63. The lowest BCUT2D eigenvalue weighted by atomic mass is 10.1. The first-order valence-corrected chi connectivity index (χ1v) is 7.58. The second-order valence-corrected chi connectivity index (χ2v) is 5.33. The molecule has 0 radical (unpaired) electrons. The number of halogens is 3. The van der Waals surface area contributed by atoms with E-state index in [0.717, 1.165) is 6.07 Å². The topological polar surface area (TPSA) is 81.7 Å². The van der Waals surface area contributed by atoms with Gasteiger partial charge >= 0.3 is 11.9 Å². The SMILES string of the molecule is COC(=O)c1ccc(C(=O)O[C@H](C)C(=O)Nc2ccc(F)c(F)c2F)cc1. The molecule has 0 heterocycles. The lowest BCUT2D eigenvalue weighted by Crippen LogP contribution is -2.30. The molecule has 6 nitrogen and oxygen atoms in total. The van der Waals surface area contributed by atoms with Gasteiger partial charge in [-0.2, -0.15) is 0 Å². The summed E-state index contributed by atoms with van der Waals surface area (Å²) in [5, 5.41) is 2.01. The average Bonchev–Trinajstić information content (AvgIpc) is 2.67. The Morgan fingerprint density at radius 1 is 0.889 bits per heavy atom. The van der Waals surface area contributed by atoms with Gasteiger partial charge in [-0.1, -0.05) is 0 Å². The molecule has 2 aromatic rings. The van der Waals surface area contributed by atoms with Crippen molar-refractivity contribution in [3.8, 4) is 0 Å². The minimum absolute atomic E-state index is 0.0568. The Balaban J connectivity index is 2.02. The number of amides is 1. The molecule has 1 N–H and O–H groups in total. The fourth-order valence-corrected chi connectivity index (χ4v) is 2.00. The third-order valence-corrected chi connectivity index (χ3v) is 3.49. The quantitative estimate of drug-likeness (QED) is 0.636. The summed E-state index contributed by atoms with van der Waals surface area (Å²) in [6.07, 6.45) is -1.36. The maximum absolute atomic E-state index is 13.6.